The molecule has 0 saturated heterocycles. The first-order chi connectivity index (χ1) is 9.70. The van der Waals surface area contributed by atoms with Crippen molar-refractivity contribution >= 4 is 17.1 Å². The molecule has 0 aromatic carbocycles. The number of aromatic nitrogens is 2. The Balaban J connectivity index is 2.25. The Morgan fingerprint density at radius 1 is 1.45 bits per heavy atom. The summed E-state index contributed by atoms with van der Waals surface area (Å²) in [5.74, 6) is 0.524. The molecule has 20 heavy (non-hydrogen) atoms. The summed E-state index contributed by atoms with van der Waals surface area (Å²) in [6.45, 7) is 0.937. The van der Waals surface area contributed by atoms with Gasteiger partial charge in [0.05, 0.1) is 23.1 Å². The Bertz CT molecular complexity index is 703. The van der Waals surface area contributed by atoms with Crippen molar-refractivity contribution in [2.75, 3.05) is 7.11 Å². The van der Waals surface area contributed by atoms with E-state index in [2.05, 4.69) is 9.55 Å². The van der Waals surface area contributed by atoms with Crippen molar-refractivity contribution in [3.63, 3.8) is 0 Å². The Labute approximate surface area is 115 Å². The highest BCUT2D eigenvalue weighted by molar-refractivity contribution is 5.88. The summed E-state index contributed by atoms with van der Waals surface area (Å²) in [6.07, 6.45) is 5.68. The van der Waals surface area contributed by atoms with Crippen molar-refractivity contribution in [2.45, 2.75) is 25.8 Å². The van der Waals surface area contributed by atoms with E-state index in [1.165, 1.54) is 0 Å². The van der Waals surface area contributed by atoms with Gasteiger partial charge in [-0.05, 0) is 25.3 Å². The van der Waals surface area contributed by atoms with Gasteiger partial charge in [0.2, 0.25) is 12.1 Å². The monoisotopic (exact) mass is 273 g/mol. The molecule has 0 radical (unpaired) electrons. The van der Waals surface area contributed by atoms with Gasteiger partial charge < -0.3 is 9.30 Å². The summed E-state index contributed by atoms with van der Waals surface area (Å²) in [4.78, 5) is 14.6. The van der Waals surface area contributed by atoms with E-state index < -0.39 is 4.92 Å². The standard InChI is InChI=1S/C14H15N3O3/c1-20-13-6-5-12-14(15-13)10(7-9-17(18)19)11-4-2-3-8-16(11)12/h5-7,9H,2-4,8H2,1H3/b9-7+. The quantitative estimate of drug-likeness (QED) is 0.636. The molecule has 0 aliphatic carbocycles. The number of fused-ring (bicyclic) bond motifs is 3. The lowest BCUT2D eigenvalue weighted by atomic mass is 10.1. The summed E-state index contributed by atoms with van der Waals surface area (Å²) in [5, 5.41) is 10.6. The third-order valence-corrected chi connectivity index (χ3v) is 3.65. The Hall–Kier alpha value is -2.37. The lowest BCUT2D eigenvalue weighted by Crippen LogP contribution is -2.10. The van der Waals surface area contributed by atoms with Crippen molar-refractivity contribution in [3.05, 3.63) is 39.7 Å². The van der Waals surface area contributed by atoms with Crippen LogP contribution in [0.4, 0.5) is 0 Å². The van der Waals surface area contributed by atoms with E-state index in [0.717, 1.165) is 54.3 Å². The second-order valence-electron chi connectivity index (χ2n) is 4.79. The van der Waals surface area contributed by atoms with Gasteiger partial charge in [-0.2, -0.15) is 0 Å². The minimum Gasteiger partial charge on any atom is -0.481 e. The predicted molar refractivity (Wildman–Crippen MR) is 75.3 cm³/mol. The molecule has 3 rings (SSSR count). The van der Waals surface area contributed by atoms with Gasteiger partial charge in [-0.15, -0.1) is 0 Å². The van der Waals surface area contributed by atoms with Crippen LogP contribution in [0.2, 0.25) is 0 Å². The summed E-state index contributed by atoms with van der Waals surface area (Å²) >= 11 is 0. The molecule has 3 heterocycles. The molecule has 0 unspecified atom stereocenters. The molecule has 0 atom stereocenters. The lowest BCUT2D eigenvalue weighted by molar-refractivity contribution is -0.400. The molecule has 0 bridgehead atoms. The highest BCUT2D eigenvalue weighted by atomic mass is 16.6. The largest absolute Gasteiger partial charge is 0.481 e. The van der Waals surface area contributed by atoms with Gasteiger partial charge in [0.1, 0.15) is 0 Å². The fourth-order valence-corrected chi connectivity index (χ4v) is 2.79. The van der Waals surface area contributed by atoms with Crippen LogP contribution in [0.5, 0.6) is 5.88 Å². The molecule has 6 heteroatoms. The van der Waals surface area contributed by atoms with Gasteiger partial charge >= 0.3 is 0 Å². The number of rotatable bonds is 3. The second-order valence-corrected chi connectivity index (χ2v) is 4.79. The number of methoxy groups -OCH3 is 1. The predicted octanol–water partition coefficient (Wildman–Crippen LogP) is 2.63. The average molecular weight is 273 g/mol. The maximum atomic E-state index is 10.6. The first-order valence-electron chi connectivity index (χ1n) is 6.58. The number of nitro groups is 1. The maximum absolute atomic E-state index is 10.6. The topological polar surface area (TPSA) is 70.2 Å². The lowest BCUT2D eigenvalue weighted by Gasteiger charge is -2.16. The molecule has 0 fully saturated rings. The van der Waals surface area contributed by atoms with Crippen molar-refractivity contribution in [1.82, 2.24) is 9.55 Å². The summed E-state index contributed by atoms with van der Waals surface area (Å²) < 4.78 is 7.37. The van der Waals surface area contributed by atoms with E-state index in [0.29, 0.717) is 5.88 Å². The number of ether oxygens (including phenoxy) is 1. The Morgan fingerprint density at radius 2 is 2.30 bits per heavy atom. The van der Waals surface area contributed by atoms with Crippen LogP contribution >= 0.6 is 0 Å². The number of pyridine rings is 1. The van der Waals surface area contributed by atoms with E-state index in [-0.39, 0.29) is 0 Å². The van der Waals surface area contributed by atoms with E-state index in [1.807, 2.05) is 12.1 Å². The van der Waals surface area contributed by atoms with Gasteiger partial charge in [0.15, 0.2) is 0 Å². The zero-order valence-corrected chi connectivity index (χ0v) is 11.2. The van der Waals surface area contributed by atoms with Crippen LogP contribution in [0, 0.1) is 10.1 Å². The normalized spacial score (nSPS) is 14.7. The van der Waals surface area contributed by atoms with E-state index in [9.17, 15) is 10.1 Å². The van der Waals surface area contributed by atoms with Crippen LogP contribution in [-0.4, -0.2) is 21.6 Å². The molecule has 0 saturated carbocycles. The van der Waals surface area contributed by atoms with Gasteiger partial charge in [0, 0.05) is 29.9 Å². The molecular weight excluding hydrogens is 258 g/mol. The molecule has 0 amide bonds. The van der Waals surface area contributed by atoms with Crippen LogP contribution in [-0.2, 0) is 13.0 Å². The van der Waals surface area contributed by atoms with Crippen LogP contribution in [0.1, 0.15) is 24.1 Å². The molecular formula is C14H15N3O3. The number of aryl methyl sites for hydroxylation is 1. The average Bonchev–Trinajstić information content (AvgIpc) is 2.78. The van der Waals surface area contributed by atoms with Crippen LogP contribution in [0.25, 0.3) is 17.1 Å². The molecule has 1 aliphatic rings. The Kier molecular flexibility index (Phi) is 3.14. The summed E-state index contributed by atoms with van der Waals surface area (Å²) in [6, 6.07) is 3.80. The Morgan fingerprint density at radius 3 is 3.05 bits per heavy atom. The van der Waals surface area contributed by atoms with E-state index in [1.54, 1.807) is 13.2 Å². The third-order valence-electron chi connectivity index (χ3n) is 3.65. The zero-order valence-electron chi connectivity index (χ0n) is 11.2. The number of hydrogen-bond donors (Lipinski definition) is 0. The molecule has 2 aromatic heterocycles. The highest BCUT2D eigenvalue weighted by Gasteiger charge is 2.20. The molecule has 6 nitrogen and oxygen atoms in total. The SMILES string of the molecule is COc1ccc2c(n1)c(/C=C/[N+](=O)[O-])c1n2CCCC1. The van der Waals surface area contributed by atoms with E-state index in [4.69, 9.17) is 4.74 Å². The minimum atomic E-state index is -0.446. The second kappa shape index (κ2) is 4.96. The van der Waals surface area contributed by atoms with Gasteiger partial charge in [-0.1, -0.05) is 0 Å². The van der Waals surface area contributed by atoms with E-state index >= 15 is 0 Å². The maximum Gasteiger partial charge on any atom is 0.235 e. The molecule has 0 N–H and O–H groups in total. The molecule has 2 aromatic rings. The first-order valence-corrected chi connectivity index (χ1v) is 6.58. The first kappa shape index (κ1) is 12.7. The van der Waals surface area contributed by atoms with Gasteiger partial charge in [0.25, 0.3) is 0 Å². The molecule has 104 valence electrons. The fourth-order valence-electron chi connectivity index (χ4n) is 2.79. The molecule has 0 spiro atoms. The highest BCUT2D eigenvalue weighted by Crippen LogP contribution is 2.31. The third kappa shape index (κ3) is 2.03. The minimum absolute atomic E-state index is 0.446. The van der Waals surface area contributed by atoms with Crippen LogP contribution in [0.3, 0.4) is 0 Å². The van der Waals surface area contributed by atoms with Crippen molar-refractivity contribution in [3.8, 4) is 5.88 Å². The molecule has 1 aliphatic heterocycles. The van der Waals surface area contributed by atoms with Gasteiger partial charge in [-0.3, -0.25) is 10.1 Å². The van der Waals surface area contributed by atoms with Crippen molar-refractivity contribution in [1.29, 1.82) is 0 Å². The zero-order chi connectivity index (χ0) is 14.1. The van der Waals surface area contributed by atoms with Crippen LogP contribution in [0.15, 0.2) is 18.3 Å². The fraction of sp³-hybridized carbons (Fsp3) is 0.357. The summed E-state index contributed by atoms with van der Waals surface area (Å²) in [7, 11) is 1.57. The van der Waals surface area contributed by atoms with Crippen molar-refractivity contribution in [2.24, 2.45) is 0 Å². The smallest absolute Gasteiger partial charge is 0.235 e. The summed E-state index contributed by atoms with van der Waals surface area (Å²) in [5.41, 5.74) is 3.77. The number of hydrogen-bond acceptors (Lipinski definition) is 4. The number of nitrogens with zero attached hydrogens (tertiary/aromatic N) is 3. The van der Waals surface area contributed by atoms with Crippen molar-refractivity contribution < 1.29 is 9.66 Å². The van der Waals surface area contributed by atoms with Gasteiger partial charge in [-0.25, -0.2) is 4.98 Å². The van der Waals surface area contributed by atoms with Crippen LogP contribution < -0.4 is 4.74 Å².